The predicted octanol–water partition coefficient (Wildman–Crippen LogP) is 0.994. The molecule has 3 aromatic rings. The number of hydrogen-bond acceptors (Lipinski definition) is 9. The number of carbonyl (C=O) groups is 2. The van der Waals surface area contributed by atoms with E-state index in [0.717, 1.165) is 11.3 Å². The van der Waals surface area contributed by atoms with Gasteiger partial charge in [-0.05, 0) is 32.0 Å². The van der Waals surface area contributed by atoms with Crippen molar-refractivity contribution in [3.63, 3.8) is 0 Å². The average molecular weight is 456 g/mol. The lowest BCUT2D eigenvalue weighted by Crippen LogP contribution is -2.59. The number of nitrogens with two attached hydrogens (primary N) is 3. The molecule has 0 aliphatic carbocycles. The molecule has 1 aliphatic rings. The van der Waals surface area contributed by atoms with Gasteiger partial charge >= 0.3 is 0 Å². The lowest BCUT2D eigenvalue weighted by molar-refractivity contribution is -0.125. The third kappa shape index (κ3) is 3.97. The summed E-state index contributed by atoms with van der Waals surface area (Å²) in [6.07, 6.45) is 4.41. The zero-order valence-electron chi connectivity index (χ0n) is 17.5. The van der Waals surface area contributed by atoms with Crippen LogP contribution < -0.4 is 32.7 Å². The number of carbonyl (C=O) groups excluding carboxylic acids is 2. The van der Waals surface area contributed by atoms with Crippen molar-refractivity contribution in [2.75, 3.05) is 41.8 Å². The number of nitrogens with zero attached hydrogens (tertiary/aromatic N) is 3. The minimum Gasteiger partial charge on any atom is -0.397 e. The lowest BCUT2D eigenvalue weighted by Gasteiger charge is -2.41. The number of nitrogen functional groups attached to an aromatic ring is 2. The van der Waals surface area contributed by atoms with Crippen LogP contribution in [-0.4, -0.2) is 52.7 Å². The van der Waals surface area contributed by atoms with Gasteiger partial charge in [-0.25, -0.2) is 4.98 Å². The fourth-order valence-corrected chi connectivity index (χ4v) is 4.58. The Bertz CT molecular complexity index is 1130. The third-order valence-electron chi connectivity index (χ3n) is 5.84. The number of aromatic amines is 1. The number of aromatic nitrogens is 3. The number of thiazole rings is 1. The minimum atomic E-state index is -0.747. The summed E-state index contributed by atoms with van der Waals surface area (Å²) in [6.45, 7) is 1.11. The maximum absolute atomic E-state index is 12.9. The van der Waals surface area contributed by atoms with Gasteiger partial charge in [-0.2, -0.15) is 5.10 Å². The van der Waals surface area contributed by atoms with Crippen LogP contribution in [0.5, 0.6) is 0 Å². The molecule has 4 rings (SSSR count). The van der Waals surface area contributed by atoms with E-state index in [1.165, 1.54) is 11.3 Å². The maximum Gasteiger partial charge on any atom is 0.275 e. The van der Waals surface area contributed by atoms with E-state index in [4.69, 9.17) is 17.2 Å². The van der Waals surface area contributed by atoms with Gasteiger partial charge in [0.25, 0.3) is 5.91 Å². The van der Waals surface area contributed by atoms with Gasteiger partial charge in [0.2, 0.25) is 5.91 Å². The van der Waals surface area contributed by atoms with Crippen molar-refractivity contribution >= 4 is 45.9 Å². The van der Waals surface area contributed by atoms with Crippen LogP contribution in [0.2, 0.25) is 0 Å². The smallest absolute Gasteiger partial charge is 0.275 e. The number of rotatable bonds is 6. The van der Waals surface area contributed by atoms with Crippen LogP contribution >= 0.6 is 11.3 Å². The molecule has 168 valence electrons. The van der Waals surface area contributed by atoms with Gasteiger partial charge in [-0.1, -0.05) is 0 Å². The summed E-state index contributed by atoms with van der Waals surface area (Å²) in [6, 6.07) is 3.37. The van der Waals surface area contributed by atoms with Gasteiger partial charge < -0.3 is 32.7 Å². The first kappa shape index (κ1) is 21.6. The standard InChI is InChI=1S/C20H25N9O2S/c1-24-20(19(23)31)2-4-29(5-3-20)16-7-13(22)12(21)6-14(16)27-17(30)15-10-32-18(28-15)11-8-25-26-9-11/h6-10,24H,2-5,21-22H2,1H3,(H2,23,31)(H,25,26)(H,27,30). The summed E-state index contributed by atoms with van der Waals surface area (Å²) in [5, 5.41) is 15.0. The normalized spacial score (nSPS) is 15.5. The summed E-state index contributed by atoms with van der Waals surface area (Å²) in [4.78, 5) is 31.3. The summed E-state index contributed by atoms with van der Waals surface area (Å²) < 4.78 is 0. The van der Waals surface area contributed by atoms with Crippen molar-refractivity contribution in [3.8, 4) is 10.6 Å². The minimum absolute atomic E-state index is 0.286. The molecule has 2 amide bonds. The van der Waals surface area contributed by atoms with Crippen molar-refractivity contribution < 1.29 is 9.59 Å². The summed E-state index contributed by atoms with van der Waals surface area (Å²) in [7, 11) is 1.74. The topological polar surface area (TPSA) is 181 Å². The Morgan fingerprint density at radius 2 is 1.94 bits per heavy atom. The van der Waals surface area contributed by atoms with Crippen LogP contribution in [0.1, 0.15) is 23.3 Å². The highest BCUT2D eigenvalue weighted by molar-refractivity contribution is 7.13. The fraction of sp³-hybridized carbons (Fsp3) is 0.300. The molecule has 1 fully saturated rings. The van der Waals surface area contributed by atoms with Crippen molar-refractivity contribution in [1.29, 1.82) is 0 Å². The zero-order chi connectivity index (χ0) is 22.9. The molecule has 0 spiro atoms. The van der Waals surface area contributed by atoms with Gasteiger partial charge in [0, 0.05) is 30.2 Å². The second-order valence-electron chi connectivity index (χ2n) is 7.66. The number of primary amides is 1. The first-order valence-electron chi connectivity index (χ1n) is 10.0. The van der Waals surface area contributed by atoms with Crippen molar-refractivity contribution in [2.45, 2.75) is 18.4 Å². The summed E-state index contributed by atoms with van der Waals surface area (Å²) in [5.74, 6) is -0.734. The maximum atomic E-state index is 12.9. The molecular weight excluding hydrogens is 430 g/mol. The van der Waals surface area contributed by atoms with E-state index < -0.39 is 5.54 Å². The predicted molar refractivity (Wildman–Crippen MR) is 125 cm³/mol. The molecule has 1 aliphatic heterocycles. The number of hydrogen-bond donors (Lipinski definition) is 6. The second-order valence-corrected chi connectivity index (χ2v) is 8.52. The van der Waals surface area contributed by atoms with Crippen LogP contribution in [0.25, 0.3) is 10.6 Å². The largest absolute Gasteiger partial charge is 0.397 e. The Balaban J connectivity index is 1.56. The van der Waals surface area contributed by atoms with E-state index in [1.54, 1.807) is 37.0 Å². The van der Waals surface area contributed by atoms with Crippen LogP contribution in [-0.2, 0) is 4.79 Å². The zero-order valence-corrected chi connectivity index (χ0v) is 18.3. The number of piperidine rings is 1. The van der Waals surface area contributed by atoms with Crippen LogP contribution in [0.4, 0.5) is 22.7 Å². The van der Waals surface area contributed by atoms with E-state index >= 15 is 0 Å². The van der Waals surface area contributed by atoms with E-state index in [2.05, 4.69) is 30.7 Å². The molecule has 11 nitrogen and oxygen atoms in total. The monoisotopic (exact) mass is 455 g/mol. The number of likely N-dealkylation sites (N-methyl/N-ethyl adjacent to an activating group) is 1. The molecular formula is C20H25N9O2S. The molecule has 3 heterocycles. The molecule has 0 bridgehead atoms. The summed E-state index contributed by atoms with van der Waals surface area (Å²) >= 11 is 1.35. The van der Waals surface area contributed by atoms with Gasteiger partial charge in [-0.15, -0.1) is 11.3 Å². The van der Waals surface area contributed by atoms with E-state index in [-0.39, 0.29) is 17.5 Å². The molecule has 9 N–H and O–H groups in total. The molecule has 1 aromatic carbocycles. The van der Waals surface area contributed by atoms with Gasteiger partial charge in [0.05, 0.1) is 28.9 Å². The van der Waals surface area contributed by atoms with Crippen LogP contribution in [0, 0.1) is 0 Å². The number of amides is 2. The van der Waals surface area contributed by atoms with Crippen molar-refractivity contribution in [2.24, 2.45) is 5.73 Å². The third-order valence-corrected chi connectivity index (χ3v) is 6.73. The Hall–Kier alpha value is -3.64. The first-order valence-corrected chi connectivity index (χ1v) is 10.9. The second kappa shape index (κ2) is 8.48. The highest BCUT2D eigenvalue weighted by atomic mass is 32.1. The first-order chi connectivity index (χ1) is 15.3. The van der Waals surface area contributed by atoms with Crippen molar-refractivity contribution in [1.82, 2.24) is 20.5 Å². The van der Waals surface area contributed by atoms with E-state index in [0.29, 0.717) is 48.0 Å². The Kier molecular flexibility index (Phi) is 5.72. The van der Waals surface area contributed by atoms with E-state index in [1.807, 2.05) is 0 Å². The Morgan fingerprint density at radius 3 is 2.56 bits per heavy atom. The molecule has 2 aromatic heterocycles. The van der Waals surface area contributed by atoms with Crippen molar-refractivity contribution in [3.05, 3.63) is 35.6 Å². The molecule has 0 unspecified atom stereocenters. The Morgan fingerprint density at radius 1 is 1.22 bits per heavy atom. The highest BCUT2D eigenvalue weighted by Crippen LogP contribution is 2.36. The Labute approximate surface area is 188 Å². The van der Waals surface area contributed by atoms with Gasteiger partial charge in [0.1, 0.15) is 16.2 Å². The molecule has 0 radical (unpaired) electrons. The molecule has 32 heavy (non-hydrogen) atoms. The van der Waals surface area contributed by atoms with Crippen LogP contribution in [0.3, 0.4) is 0 Å². The van der Waals surface area contributed by atoms with Gasteiger partial charge in [0.15, 0.2) is 0 Å². The molecule has 0 saturated carbocycles. The number of benzene rings is 1. The van der Waals surface area contributed by atoms with Gasteiger partial charge in [-0.3, -0.25) is 14.7 Å². The number of H-pyrrole nitrogens is 1. The lowest BCUT2D eigenvalue weighted by atomic mass is 9.86. The highest BCUT2D eigenvalue weighted by Gasteiger charge is 2.39. The van der Waals surface area contributed by atoms with E-state index in [9.17, 15) is 9.59 Å². The number of nitrogens with one attached hydrogen (secondary N) is 3. The number of anilines is 4. The molecule has 1 saturated heterocycles. The fourth-order valence-electron chi connectivity index (χ4n) is 3.80. The average Bonchev–Trinajstić information content (AvgIpc) is 3.48. The molecule has 0 atom stereocenters. The molecule has 12 heteroatoms. The van der Waals surface area contributed by atoms with Crippen LogP contribution in [0.15, 0.2) is 29.9 Å². The SMILES string of the molecule is CNC1(C(N)=O)CCN(c2cc(N)c(N)cc2NC(=O)c2csc(-c3cn[nH]c3)n2)CC1. The quantitative estimate of drug-likeness (QED) is 0.298. The summed E-state index contributed by atoms with van der Waals surface area (Å²) in [5.41, 5.74) is 20.1.